The van der Waals surface area contributed by atoms with Crippen LogP contribution in [-0.2, 0) is 26.2 Å². The first kappa shape index (κ1) is 30.2. The molecule has 0 fully saturated rings. The first-order valence-electron chi connectivity index (χ1n) is 12.9. The Bertz CT molecular complexity index is 1410. The Balaban J connectivity index is 2.10. The lowest BCUT2D eigenvalue weighted by Crippen LogP contribution is -2.53. The zero-order valence-corrected chi connectivity index (χ0v) is 24.6. The van der Waals surface area contributed by atoms with Crippen molar-refractivity contribution in [3.05, 3.63) is 94.5 Å². The number of benzene rings is 3. The van der Waals surface area contributed by atoms with Crippen molar-refractivity contribution >= 4 is 39.1 Å². The van der Waals surface area contributed by atoms with Crippen LogP contribution in [0.4, 0.5) is 5.69 Å². The third-order valence-electron chi connectivity index (χ3n) is 6.30. The fourth-order valence-electron chi connectivity index (χ4n) is 4.39. The molecule has 3 rings (SSSR count). The number of sulfonamides is 1. The molecule has 0 aliphatic carbocycles. The third kappa shape index (κ3) is 7.61. The predicted octanol–water partition coefficient (Wildman–Crippen LogP) is 5.48. The molecule has 0 radical (unpaired) electrons. The smallest absolute Gasteiger partial charge is 0.264 e. The number of carbonyl (C=O) groups is 2. The molecule has 208 valence electrons. The minimum atomic E-state index is -4.15. The van der Waals surface area contributed by atoms with Gasteiger partial charge in [-0.3, -0.25) is 13.9 Å². The SMILES string of the molecule is CCC(C(=O)NC(C)C)N(Cc1cccc(C)c1)C(=O)CN(c1cc(Cl)ccc1C)S(=O)(=O)c1ccccc1. The largest absolute Gasteiger partial charge is 0.352 e. The molecule has 0 aliphatic rings. The van der Waals surface area contributed by atoms with E-state index in [1.54, 1.807) is 43.3 Å². The number of amides is 2. The second-order valence-electron chi connectivity index (χ2n) is 9.85. The van der Waals surface area contributed by atoms with Gasteiger partial charge in [-0.1, -0.05) is 72.6 Å². The van der Waals surface area contributed by atoms with Crippen molar-refractivity contribution in [2.45, 2.75) is 64.6 Å². The lowest BCUT2D eigenvalue weighted by Gasteiger charge is -2.34. The summed E-state index contributed by atoms with van der Waals surface area (Å²) in [5, 5.41) is 3.25. The van der Waals surface area contributed by atoms with Gasteiger partial charge < -0.3 is 10.2 Å². The van der Waals surface area contributed by atoms with Crippen molar-refractivity contribution in [2.24, 2.45) is 0 Å². The van der Waals surface area contributed by atoms with Gasteiger partial charge in [-0.05, 0) is 69.5 Å². The van der Waals surface area contributed by atoms with Gasteiger partial charge in [0.15, 0.2) is 0 Å². The molecule has 0 saturated carbocycles. The molecule has 3 aromatic carbocycles. The van der Waals surface area contributed by atoms with Crippen LogP contribution in [0.1, 0.15) is 43.9 Å². The van der Waals surface area contributed by atoms with Crippen molar-refractivity contribution in [1.29, 1.82) is 0 Å². The highest BCUT2D eigenvalue weighted by Gasteiger charge is 2.34. The maximum absolute atomic E-state index is 14.1. The molecule has 0 aliphatic heterocycles. The molecule has 3 aromatic rings. The fraction of sp³-hybridized carbons (Fsp3) is 0.333. The third-order valence-corrected chi connectivity index (χ3v) is 8.31. The molecule has 0 aromatic heterocycles. The van der Waals surface area contributed by atoms with Crippen molar-refractivity contribution in [2.75, 3.05) is 10.8 Å². The summed E-state index contributed by atoms with van der Waals surface area (Å²) in [6, 6.07) is 19.7. The number of nitrogens with one attached hydrogen (secondary N) is 1. The number of rotatable bonds is 11. The highest BCUT2D eigenvalue weighted by molar-refractivity contribution is 7.92. The summed E-state index contributed by atoms with van der Waals surface area (Å²) in [6.45, 7) is 8.91. The van der Waals surface area contributed by atoms with Gasteiger partial charge in [0.25, 0.3) is 10.0 Å². The summed E-state index contributed by atoms with van der Waals surface area (Å²) in [7, 11) is -4.15. The molecule has 1 N–H and O–H groups in total. The number of hydrogen-bond acceptors (Lipinski definition) is 4. The van der Waals surface area contributed by atoms with Gasteiger partial charge in [0, 0.05) is 17.6 Å². The molecule has 0 saturated heterocycles. The van der Waals surface area contributed by atoms with E-state index in [4.69, 9.17) is 11.6 Å². The summed E-state index contributed by atoms with van der Waals surface area (Å²) in [5.41, 5.74) is 2.80. The maximum Gasteiger partial charge on any atom is 0.264 e. The number of halogens is 1. The van der Waals surface area contributed by atoms with Gasteiger partial charge in [0.1, 0.15) is 12.6 Å². The molecule has 39 heavy (non-hydrogen) atoms. The Morgan fingerprint density at radius 3 is 2.26 bits per heavy atom. The minimum absolute atomic E-state index is 0.0482. The monoisotopic (exact) mass is 569 g/mol. The second-order valence-corrected chi connectivity index (χ2v) is 12.2. The average Bonchev–Trinajstić information content (AvgIpc) is 2.88. The van der Waals surface area contributed by atoms with Crippen LogP contribution in [0.3, 0.4) is 0 Å². The molecule has 7 nitrogen and oxygen atoms in total. The van der Waals surface area contributed by atoms with Crippen LogP contribution >= 0.6 is 11.6 Å². The Hall–Kier alpha value is -3.36. The van der Waals surface area contributed by atoms with E-state index in [1.807, 2.05) is 52.0 Å². The predicted molar refractivity (Wildman–Crippen MR) is 156 cm³/mol. The summed E-state index contributed by atoms with van der Waals surface area (Å²) >= 11 is 6.27. The minimum Gasteiger partial charge on any atom is -0.352 e. The van der Waals surface area contributed by atoms with Gasteiger partial charge in [-0.25, -0.2) is 8.42 Å². The van der Waals surface area contributed by atoms with Crippen LogP contribution in [0, 0.1) is 13.8 Å². The molecule has 1 unspecified atom stereocenters. The van der Waals surface area contributed by atoms with Crippen LogP contribution in [0.2, 0.25) is 5.02 Å². The van der Waals surface area contributed by atoms with E-state index < -0.39 is 28.5 Å². The average molecular weight is 570 g/mol. The zero-order valence-electron chi connectivity index (χ0n) is 23.0. The Kier molecular flexibility index (Phi) is 10.2. The quantitative estimate of drug-likeness (QED) is 0.331. The molecule has 0 bridgehead atoms. The van der Waals surface area contributed by atoms with Crippen LogP contribution < -0.4 is 9.62 Å². The molecule has 9 heteroatoms. The molecule has 2 amide bonds. The lowest BCUT2D eigenvalue weighted by atomic mass is 10.1. The van der Waals surface area contributed by atoms with Crippen molar-refractivity contribution in [3.63, 3.8) is 0 Å². The van der Waals surface area contributed by atoms with E-state index in [1.165, 1.54) is 17.0 Å². The Morgan fingerprint density at radius 2 is 1.64 bits per heavy atom. The van der Waals surface area contributed by atoms with Gasteiger partial charge in [0.2, 0.25) is 11.8 Å². The summed E-state index contributed by atoms with van der Waals surface area (Å²) in [6.07, 6.45) is 0.359. The van der Waals surface area contributed by atoms with Gasteiger partial charge in [-0.2, -0.15) is 0 Å². The highest BCUT2D eigenvalue weighted by atomic mass is 35.5. The second kappa shape index (κ2) is 13.1. The van der Waals surface area contributed by atoms with Crippen LogP contribution in [-0.4, -0.2) is 43.8 Å². The first-order chi connectivity index (χ1) is 18.4. The number of anilines is 1. The molecular weight excluding hydrogens is 534 g/mol. The van der Waals surface area contributed by atoms with E-state index in [-0.39, 0.29) is 23.4 Å². The number of hydrogen-bond donors (Lipinski definition) is 1. The van der Waals surface area contributed by atoms with Crippen molar-refractivity contribution in [3.8, 4) is 0 Å². The standard InChI is InChI=1S/C30H36ClN3O4S/c1-6-27(30(36)32-21(2)3)33(19-24-12-10-11-22(4)17-24)29(35)20-34(28-18-25(31)16-15-23(28)5)39(37,38)26-13-8-7-9-14-26/h7-18,21,27H,6,19-20H2,1-5H3,(H,32,36). The van der Waals surface area contributed by atoms with Crippen LogP contribution in [0.15, 0.2) is 77.7 Å². The topological polar surface area (TPSA) is 86.8 Å². The van der Waals surface area contributed by atoms with Gasteiger partial charge >= 0.3 is 0 Å². The van der Waals surface area contributed by atoms with Crippen LogP contribution in [0.25, 0.3) is 0 Å². The molecule has 1 atom stereocenters. The van der Waals surface area contributed by atoms with Crippen LogP contribution in [0.5, 0.6) is 0 Å². The van der Waals surface area contributed by atoms with Crippen molar-refractivity contribution < 1.29 is 18.0 Å². The highest BCUT2D eigenvalue weighted by Crippen LogP contribution is 2.30. The zero-order chi connectivity index (χ0) is 28.7. The van der Waals surface area contributed by atoms with Crippen molar-refractivity contribution in [1.82, 2.24) is 10.2 Å². The summed E-state index contributed by atoms with van der Waals surface area (Å²) < 4.78 is 28.9. The van der Waals surface area contributed by atoms with E-state index in [9.17, 15) is 18.0 Å². The maximum atomic E-state index is 14.1. The van der Waals surface area contributed by atoms with Gasteiger partial charge in [-0.15, -0.1) is 0 Å². The lowest BCUT2D eigenvalue weighted by molar-refractivity contribution is -0.140. The molecule has 0 spiro atoms. The number of aryl methyl sites for hydroxylation is 2. The Labute approximate surface area is 236 Å². The van der Waals surface area contributed by atoms with E-state index in [0.717, 1.165) is 15.4 Å². The summed E-state index contributed by atoms with van der Waals surface area (Å²) in [4.78, 5) is 28.8. The normalized spacial score (nSPS) is 12.2. The molecular formula is C30H36ClN3O4S. The molecule has 0 heterocycles. The Morgan fingerprint density at radius 1 is 0.949 bits per heavy atom. The first-order valence-corrected chi connectivity index (χ1v) is 14.7. The summed E-state index contributed by atoms with van der Waals surface area (Å²) in [5.74, 6) is -0.786. The van der Waals surface area contributed by atoms with E-state index in [2.05, 4.69) is 5.32 Å². The fourth-order valence-corrected chi connectivity index (χ4v) is 6.05. The van der Waals surface area contributed by atoms with Gasteiger partial charge in [0.05, 0.1) is 10.6 Å². The number of carbonyl (C=O) groups excluding carboxylic acids is 2. The number of nitrogens with zero attached hydrogens (tertiary/aromatic N) is 2. The van der Waals surface area contributed by atoms with E-state index >= 15 is 0 Å². The van der Waals surface area contributed by atoms with E-state index in [0.29, 0.717) is 22.7 Å².